The van der Waals surface area contributed by atoms with E-state index < -0.39 is 6.10 Å². The van der Waals surface area contributed by atoms with E-state index in [4.69, 9.17) is 14.2 Å². The van der Waals surface area contributed by atoms with E-state index in [1.165, 1.54) is 109 Å². The van der Waals surface area contributed by atoms with Gasteiger partial charge < -0.3 is 14.2 Å². The zero-order chi connectivity index (χ0) is 47.2. The summed E-state index contributed by atoms with van der Waals surface area (Å²) in [7, 11) is 0. The van der Waals surface area contributed by atoms with Gasteiger partial charge in [0.2, 0.25) is 0 Å². The monoisotopic (exact) mass is 907 g/mol. The van der Waals surface area contributed by atoms with E-state index in [2.05, 4.69) is 93.7 Å². The van der Waals surface area contributed by atoms with E-state index in [-0.39, 0.29) is 31.1 Å². The van der Waals surface area contributed by atoms with Crippen molar-refractivity contribution in [3.05, 3.63) is 72.9 Å². The smallest absolute Gasteiger partial charge is 0.306 e. The highest BCUT2D eigenvalue weighted by Gasteiger charge is 2.19. The third-order valence-corrected chi connectivity index (χ3v) is 11.7. The molecular formula is C59H102O6. The number of hydrogen-bond donors (Lipinski definition) is 0. The molecule has 0 unspecified atom stereocenters. The first-order valence-electron chi connectivity index (χ1n) is 27.4. The molecular weight excluding hydrogens is 805 g/mol. The van der Waals surface area contributed by atoms with Crippen LogP contribution in [0, 0.1) is 0 Å². The van der Waals surface area contributed by atoms with E-state index in [0.717, 1.165) is 116 Å². The van der Waals surface area contributed by atoms with Gasteiger partial charge in [-0.05, 0) is 109 Å². The summed E-state index contributed by atoms with van der Waals surface area (Å²) in [5.74, 6) is -0.912. The zero-order valence-electron chi connectivity index (χ0n) is 42.7. The van der Waals surface area contributed by atoms with E-state index in [1.54, 1.807) is 0 Å². The number of allylic oxidation sites excluding steroid dienone is 12. The van der Waals surface area contributed by atoms with Gasteiger partial charge in [-0.2, -0.15) is 0 Å². The van der Waals surface area contributed by atoms with Crippen molar-refractivity contribution in [1.29, 1.82) is 0 Å². The summed E-state index contributed by atoms with van der Waals surface area (Å²) in [6.45, 7) is 6.47. The number of carbonyl (C=O) groups is 3. The molecule has 0 aromatic rings. The van der Waals surface area contributed by atoms with Crippen LogP contribution in [0.4, 0.5) is 0 Å². The van der Waals surface area contributed by atoms with Crippen LogP contribution in [-0.2, 0) is 28.6 Å². The Balaban J connectivity index is 4.38. The third kappa shape index (κ3) is 51.7. The maximum absolute atomic E-state index is 12.8. The van der Waals surface area contributed by atoms with E-state index in [9.17, 15) is 14.4 Å². The highest BCUT2D eigenvalue weighted by Crippen LogP contribution is 2.15. The molecule has 0 aliphatic rings. The van der Waals surface area contributed by atoms with Crippen LogP contribution in [0.25, 0.3) is 0 Å². The molecule has 0 radical (unpaired) electrons. The third-order valence-electron chi connectivity index (χ3n) is 11.7. The van der Waals surface area contributed by atoms with Crippen LogP contribution in [0.5, 0.6) is 0 Å². The van der Waals surface area contributed by atoms with Crippen molar-refractivity contribution in [2.45, 2.75) is 271 Å². The normalized spacial score (nSPS) is 12.6. The number of esters is 3. The first-order valence-corrected chi connectivity index (χ1v) is 27.4. The average molecular weight is 907 g/mol. The maximum Gasteiger partial charge on any atom is 0.306 e. The minimum absolute atomic E-state index is 0.0863. The first kappa shape index (κ1) is 61.9. The second kappa shape index (κ2) is 53.5. The van der Waals surface area contributed by atoms with E-state index in [0.29, 0.717) is 19.3 Å². The number of ether oxygens (including phenoxy) is 3. The lowest BCUT2D eigenvalue weighted by atomic mass is 10.1. The predicted molar refractivity (Wildman–Crippen MR) is 279 cm³/mol. The fraction of sp³-hybridized carbons (Fsp3) is 0.746. The Hall–Kier alpha value is -3.15. The Bertz CT molecular complexity index is 1230. The van der Waals surface area contributed by atoms with Crippen molar-refractivity contribution in [3.8, 4) is 0 Å². The van der Waals surface area contributed by atoms with Gasteiger partial charge in [-0.25, -0.2) is 0 Å². The fourth-order valence-electron chi connectivity index (χ4n) is 7.54. The molecule has 6 nitrogen and oxygen atoms in total. The molecule has 0 amide bonds. The van der Waals surface area contributed by atoms with E-state index in [1.807, 2.05) is 0 Å². The summed E-state index contributed by atoms with van der Waals surface area (Å²) in [4.78, 5) is 38.1. The Morgan fingerprint density at radius 2 is 0.600 bits per heavy atom. The predicted octanol–water partition coefficient (Wildman–Crippen LogP) is 18.2. The number of rotatable bonds is 49. The molecule has 0 bridgehead atoms. The summed E-state index contributed by atoms with van der Waals surface area (Å²) in [5, 5.41) is 0. The largest absolute Gasteiger partial charge is 0.462 e. The highest BCUT2D eigenvalue weighted by atomic mass is 16.6. The molecule has 6 heteroatoms. The zero-order valence-corrected chi connectivity index (χ0v) is 42.7. The summed E-state index contributed by atoms with van der Waals surface area (Å²) >= 11 is 0. The number of hydrogen-bond acceptors (Lipinski definition) is 6. The summed E-state index contributed by atoms with van der Waals surface area (Å²) in [6.07, 6.45) is 67.4. The molecule has 0 aromatic carbocycles. The Kier molecular flexibility index (Phi) is 50.9. The highest BCUT2D eigenvalue weighted by molar-refractivity contribution is 5.71. The average Bonchev–Trinajstić information content (AvgIpc) is 3.30. The van der Waals surface area contributed by atoms with Gasteiger partial charge in [-0.3, -0.25) is 14.4 Å². The molecule has 0 heterocycles. The van der Waals surface area contributed by atoms with Gasteiger partial charge in [0.05, 0.1) is 0 Å². The van der Waals surface area contributed by atoms with Crippen LogP contribution >= 0.6 is 0 Å². The molecule has 0 saturated carbocycles. The van der Waals surface area contributed by atoms with Crippen LogP contribution in [-0.4, -0.2) is 37.2 Å². The molecule has 1 atom stereocenters. The first-order chi connectivity index (χ1) is 32.0. The van der Waals surface area contributed by atoms with Crippen molar-refractivity contribution >= 4 is 17.9 Å². The quantitative estimate of drug-likeness (QED) is 0.0262. The molecule has 0 aromatic heterocycles. The molecule has 65 heavy (non-hydrogen) atoms. The van der Waals surface area contributed by atoms with Gasteiger partial charge in [0.15, 0.2) is 6.10 Å². The van der Waals surface area contributed by atoms with Crippen LogP contribution in [0.2, 0.25) is 0 Å². The van der Waals surface area contributed by atoms with E-state index >= 15 is 0 Å². The lowest BCUT2D eigenvalue weighted by molar-refractivity contribution is -0.167. The summed E-state index contributed by atoms with van der Waals surface area (Å²) in [6, 6.07) is 0. The summed E-state index contributed by atoms with van der Waals surface area (Å²) < 4.78 is 16.8. The van der Waals surface area contributed by atoms with Gasteiger partial charge in [0, 0.05) is 19.3 Å². The second-order valence-electron chi connectivity index (χ2n) is 18.1. The lowest BCUT2D eigenvalue weighted by Crippen LogP contribution is -2.30. The van der Waals surface area contributed by atoms with Crippen LogP contribution in [0.15, 0.2) is 72.9 Å². The van der Waals surface area contributed by atoms with Crippen LogP contribution in [0.1, 0.15) is 265 Å². The van der Waals surface area contributed by atoms with Crippen LogP contribution < -0.4 is 0 Å². The number of unbranched alkanes of at least 4 members (excludes halogenated alkanes) is 26. The van der Waals surface area contributed by atoms with Crippen molar-refractivity contribution < 1.29 is 28.6 Å². The SMILES string of the molecule is CC/C=C\C/C=C\C/C=C\CCCCCCCC(=O)OC[C@H](COC(=O)CCCCCCCCCCC/C=C\C/C=C\CCCCC)OC(=O)CCCCCCC/C=C\CCCCCC. The second-order valence-corrected chi connectivity index (χ2v) is 18.1. The molecule has 0 saturated heterocycles. The van der Waals surface area contributed by atoms with Crippen molar-refractivity contribution in [1.82, 2.24) is 0 Å². The standard InChI is InChI=1S/C59H102O6/c1-4-7-10-13-16-19-22-25-27-28-29-30-32-35-37-40-43-46-49-52-58(61)64-55-56(65-59(62)53-50-47-44-41-38-33-24-21-18-15-12-9-6-3)54-63-57(60)51-48-45-42-39-36-34-31-26-23-20-17-14-11-8-5-2/h8,11,16-17,19-21,24-27,31,56H,4-7,9-10,12-15,18,22-23,28-30,32-55H2,1-3H3/b11-8-,19-16-,20-17-,24-21-,27-25-,31-26-/t56-/m1/s1. The topological polar surface area (TPSA) is 78.9 Å². The Morgan fingerprint density at radius 3 is 0.985 bits per heavy atom. The Morgan fingerprint density at radius 1 is 0.323 bits per heavy atom. The van der Waals surface area contributed by atoms with Gasteiger partial charge >= 0.3 is 17.9 Å². The van der Waals surface area contributed by atoms with Crippen molar-refractivity contribution in [3.63, 3.8) is 0 Å². The van der Waals surface area contributed by atoms with Crippen molar-refractivity contribution in [2.24, 2.45) is 0 Å². The van der Waals surface area contributed by atoms with Gasteiger partial charge in [-0.1, -0.05) is 209 Å². The lowest BCUT2D eigenvalue weighted by Gasteiger charge is -2.18. The Labute approximate surface area is 402 Å². The minimum atomic E-state index is -0.788. The van der Waals surface area contributed by atoms with Gasteiger partial charge in [0.25, 0.3) is 0 Å². The minimum Gasteiger partial charge on any atom is -0.462 e. The molecule has 0 aliphatic carbocycles. The molecule has 0 N–H and O–H groups in total. The maximum atomic E-state index is 12.8. The van der Waals surface area contributed by atoms with Crippen molar-refractivity contribution in [2.75, 3.05) is 13.2 Å². The molecule has 0 aliphatic heterocycles. The fourth-order valence-corrected chi connectivity index (χ4v) is 7.54. The van der Waals surface area contributed by atoms with Gasteiger partial charge in [0.1, 0.15) is 13.2 Å². The molecule has 374 valence electrons. The molecule has 0 rings (SSSR count). The number of carbonyl (C=O) groups excluding carboxylic acids is 3. The molecule has 0 fully saturated rings. The summed E-state index contributed by atoms with van der Waals surface area (Å²) in [5.41, 5.74) is 0. The van der Waals surface area contributed by atoms with Crippen LogP contribution in [0.3, 0.4) is 0 Å². The van der Waals surface area contributed by atoms with Gasteiger partial charge in [-0.15, -0.1) is 0 Å². The molecule has 0 spiro atoms.